The second-order valence-corrected chi connectivity index (χ2v) is 9.86. The predicted molar refractivity (Wildman–Crippen MR) is 139 cm³/mol. The number of benzene rings is 5. The van der Waals surface area contributed by atoms with E-state index in [1.807, 2.05) is 0 Å². The number of fused-ring (bicyclic) bond motifs is 14. The van der Waals surface area contributed by atoms with Gasteiger partial charge in [-0.1, -0.05) is 96.1 Å². The van der Waals surface area contributed by atoms with Gasteiger partial charge in [-0.25, -0.2) is 0 Å². The summed E-state index contributed by atoms with van der Waals surface area (Å²) < 4.78 is 6.70. The van der Waals surface area contributed by atoms with E-state index in [1.165, 1.54) is 66.4 Å². The summed E-state index contributed by atoms with van der Waals surface area (Å²) in [4.78, 5) is 0. The fourth-order valence-corrected chi connectivity index (χ4v) is 6.68. The van der Waals surface area contributed by atoms with Gasteiger partial charge in [-0.05, 0) is 64.9 Å². The van der Waals surface area contributed by atoms with Crippen LogP contribution in [0.25, 0.3) is 44.2 Å². The molecule has 0 aliphatic heterocycles. The molecule has 0 fully saturated rings. The highest BCUT2D eigenvalue weighted by Crippen LogP contribution is 2.64. The molecule has 1 nitrogen and oxygen atoms in total. The van der Waals surface area contributed by atoms with Crippen molar-refractivity contribution in [3.63, 3.8) is 0 Å². The minimum absolute atomic E-state index is 0.387. The fraction of sp³-hybridized carbons (Fsp3) is 0.0909. The second kappa shape index (κ2) is 6.07. The Hall–Kier alpha value is -4.10. The summed E-state index contributed by atoms with van der Waals surface area (Å²) in [5.74, 6) is 0. The molecule has 2 aliphatic rings. The summed E-state index contributed by atoms with van der Waals surface area (Å²) in [6.07, 6.45) is 0. The maximum atomic E-state index is 6.70. The maximum absolute atomic E-state index is 6.70. The molecule has 34 heavy (non-hydrogen) atoms. The number of hydrogen-bond acceptors (Lipinski definition) is 1. The van der Waals surface area contributed by atoms with E-state index in [-0.39, 0.29) is 5.41 Å². The Morgan fingerprint density at radius 2 is 1.15 bits per heavy atom. The van der Waals surface area contributed by atoms with Gasteiger partial charge in [-0.3, -0.25) is 0 Å². The van der Waals surface area contributed by atoms with Crippen molar-refractivity contribution in [3.8, 4) is 22.3 Å². The number of aryl methyl sites for hydroxylation is 2. The highest BCUT2D eigenvalue weighted by Gasteiger charge is 2.53. The van der Waals surface area contributed by atoms with Crippen LogP contribution in [0.15, 0.2) is 101 Å². The van der Waals surface area contributed by atoms with Gasteiger partial charge in [-0.15, -0.1) is 0 Å². The molecule has 8 rings (SSSR count). The Balaban J connectivity index is 1.66. The highest BCUT2D eigenvalue weighted by molar-refractivity contribution is 6.11. The molecule has 0 N–H and O–H groups in total. The zero-order valence-electron chi connectivity index (χ0n) is 19.1. The van der Waals surface area contributed by atoms with Gasteiger partial charge < -0.3 is 4.42 Å². The van der Waals surface area contributed by atoms with Crippen molar-refractivity contribution < 1.29 is 4.42 Å². The van der Waals surface area contributed by atoms with Crippen LogP contribution >= 0.6 is 0 Å². The van der Waals surface area contributed by atoms with E-state index >= 15 is 0 Å². The largest absolute Gasteiger partial charge is 0.456 e. The third kappa shape index (κ3) is 1.98. The lowest BCUT2D eigenvalue weighted by molar-refractivity contribution is 0.652. The van der Waals surface area contributed by atoms with E-state index in [0.29, 0.717) is 0 Å². The lowest BCUT2D eigenvalue weighted by Gasteiger charge is -2.30. The molecule has 160 valence electrons. The van der Waals surface area contributed by atoms with Gasteiger partial charge in [0.15, 0.2) is 0 Å². The Bertz CT molecular complexity index is 1780. The van der Waals surface area contributed by atoms with Crippen molar-refractivity contribution in [2.75, 3.05) is 0 Å². The van der Waals surface area contributed by atoms with Crippen LogP contribution in [0, 0.1) is 13.8 Å². The molecule has 1 heteroatoms. The van der Waals surface area contributed by atoms with Crippen LogP contribution in [0.2, 0.25) is 0 Å². The molecular formula is C33H22O. The fourth-order valence-electron chi connectivity index (χ4n) is 6.68. The number of para-hydroxylation sites is 1. The predicted octanol–water partition coefficient (Wildman–Crippen LogP) is 8.55. The molecule has 0 bridgehead atoms. The standard InChI is InChI=1S/C33H22O/c1-19-11-13-22-23-14-12-20(2)18-29(23)33(28(22)17-19)27-9-5-3-7-21(27)25-15-16-26-24-8-4-6-10-30(24)34-32(26)31(25)33/h3-18H,1-2H3. The summed E-state index contributed by atoms with van der Waals surface area (Å²) in [5.41, 5.74) is 14.8. The van der Waals surface area contributed by atoms with Crippen molar-refractivity contribution in [3.05, 3.63) is 130 Å². The van der Waals surface area contributed by atoms with Gasteiger partial charge in [-0.2, -0.15) is 0 Å². The van der Waals surface area contributed by atoms with Crippen LogP contribution in [0.1, 0.15) is 33.4 Å². The van der Waals surface area contributed by atoms with Gasteiger partial charge in [0.25, 0.3) is 0 Å². The Morgan fingerprint density at radius 3 is 1.91 bits per heavy atom. The maximum Gasteiger partial charge on any atom is 0.140 e. The lowest BCUT2D eigenvalue weighted by atomic mass is 9.70. The number of furan rings is 1. The minimum Gasteiger partial charge on any atom is -0.456 e. The average Bonchev–Trinajstić information content (AvgIpc) is 3.47. The van der Waals surface area contributed by atoms with Gasteiger partial charge in [0.1, 0.15) is 11.2 Å². The van der Waals surface area contributed by atoms with Crippen LogP contribution < -0.4 is 0 Å². The first-order chi connectivity index (χ1) is 16.7. The highest BCUT2D eigenvalue weighted by atomic mass is 16.3. The van der Waals surface area contributed by atoms with E-state index in [9.17, 15) is 0 Å². The monoisotopic (exact) mass is 434 g/mol. The summed E-state index contributed by atoms with van der Waals surface area (Å²) in [7, 11) is 0. The molecule has 2 aliphatic carbocycles. The van der Waals surface area contributed by atoms with Crippen LogP contribution in [0.3, 0.4) is 0 Å². The lowest BCUT2D eigenvalue weighted by Crippen LogP contribution is -2.26. The smallest absolute Gasteiger partial charge is 0.140 e. The first kappa shape index (κ1) is 18.3. The summed E-state index contributed by atoms with van der Waals surface area (Å²) in [5, 5.41) is 2.37. The van der Waals surface area contributed by atoms with Crippen molar-refractivity contribution in [1.82, 2.24) is 0 Å². The average molecular weight is 435 g/mol. The third-order valence-corrected chi connectivity index (χ3v) is 7.99. The summed E-state index contributed by atoms with van der Waals surface area (Å²) in [6.45, 7) is 4.40. The van der Waals surface area contributed by atoms with Crippen molar-refractivity contribution >= 4 is 21.9 Å². The van der Waals surface area contributed by atoms with E-state index < -0.39 is 0 Å². The summed E-state index contributed by atoms with van der Waals surface area (Å²) >= 11 is 0. The van der Waals surface area contributed by atoms with Crippen LogP contribution in [0.4, 0.5) is 0 Å². The van der Waals surface area contributed by atoms with Crippen LogP contribution in [-0.4, -0.2) is 0 Å². The van der Waals surface area contributed by atoms with E-state index in [0.717, 1.165) is 11.2 Å². The van der Waals surface area contributed by atoms with Gasteiger partial charge in [0.2, 0.25) is 0 Å². The van der Waals surface area contributed by atoms with Gasteiger partial charge in [0.05, 0.1) is 5.41 Å². The van der Waals surface area contributed by atoms with Crippen molar-refractivity contribution in [1.29, 1.82) is 0 Å². The van der Waals surface area contributed by atoms with E-state index in [1.54, 1.807) is 0 Å². The molecule has 0 unspecified atom stereocenters. The zero-order chi connectivity index (χ0) is 22.6. The van der Waals surface area contributed by atoms with E-state index in [4.69, 9.17) is 4.42 Å². The van der Waals surface area contributed by atoms with Crippen LogP contribution in [-0.2, 0) is 5.41 Å². The second-order valence-electron chi connectivity index (χ2n) is 9.86. The molecule has 0 saturated carbocycles. The molecular weight excluding hydrogens is 412 g/mol. The molecule has 0 saturated heterocycles. The van der Waals surface area contributed by atoms with Crippen LogP contribution in [0.5, 0.6) is 0 Å². The first-order valence-corrected chi connectivity index (χ1v) is 11.9. The Kier molecular flexibility index (Phi) is 3.27. The topological polar surface area (TPSA) is 13.1 Å². The molecule has 5 aromatic carbocycles. The Labute approximate surface area is 198 Å². The molecule has 0 radical (unpaired) electrons. The zero-order valence-corrected chi connectivity index (χ0v) is 19.1. The first-order valence-electron chi connectivity index (χ1n) is 11.9. The molecule has 1 aromatic heterocycles. The minimum atomic E-state index is -0.387. The van der Waals surface area contributed by atoms with Gasteiger partial charge >= 0.3 is 0 Å². The van der Waals surface area contributed by atoms with Gasteiger partial charge in [0, 0.05) is 16.3 Å². The normalized spacial score (nSPS) is 14.4. The number of hydrogen-bond donors (Lipinski definition) is 0. The quantitative estimate of drug-likeness (QED) is 0.233. The number of rotatable bonds is 0. The van der Waals surface area contributed by atoms with Crippen molar-refractivity contribution in [2.24, 2.45) is 0 Å². The molecule has 1 spiro atoms. The Morgan fingerprint density at radius 1 is 0.529 bits per heavy atom. The third-order valence-electron chi connectivity index (χ3n) is 7.99. The summed E-state index contributed by atoms with van der Waals surface area (Å²) in [6, 6.07) is 35.8. The SMILES string of the molecule is Cc1ccc2c(c1)C1(c3cc(C)ccc3-2)c2ccccc2-c2ccc3c(oc4ccccc43)c21. The molecule has 0 amide bonds. The molecule has 6 aromatic rings. The molecule has 0 atom stereocenters. The van der Waals surface area contributed by atoms with Crippen molar-refractivity contribution in [2.45, 2.75) is 19.3 Å². The molecule has 1 heterocycles. The van der Waals surface area contributed by atoms with E-state index in [2.05, 4.69) is 111 Å².